The molecule has 1 N–H and O–H groups in total. The van der Waals surface area contributed by atoms with Crippen molar-refractivity contribution < 1.29 is 9.59 Å². The highest BCUT2D eigenvalue weighted by molar-refractivity contribution is 7.99. The molecule has 114 valence electrons. The molecule has 1 atom stereocenters. The molecule has 0 aliphatic carbocycles. The van der Waals surface area contributed by atoms with Gasteiger partial charge in [0.2, 0.25) is 11.8 Å². The second kappa shape index (κ2) is 5.35. The lowest BCUT2D eigenvalue weighted by atomic mass is 10.1. The lowest BCUT2D eigenvalue weighted by Crippen LogP contribution is -2.58. The monoisotopic (exact) mass is 315 g/mol. The molecule has 2 aliphatic heterocycles. The number of thioether (sulfide) groups is 1. The zero-order chi connectivity index (χ0) is 15.1. The summed E-state index contributed by atoms with van der Waals surface area (Å²) in [6, 6.07) is 7.90. The summed E-state index contributed by atoms with van der Waals surface area (Å²) in [6.45, 7) is 0.819. The van der Waals surface area contributed by atoms with Gasteiger partial charge in [-0.3, -0.25) is 9.59 Å². The summed E-state index contributed by atoms with van der Waals surface area (Å²) in [4.78, 5) is 31.3. The van der Waals surface area contributed by atoms with Crippen LogP contribution in [0.15, 0.2) is 30.5 Å². The van der Waals surface area contributed by atoms with E-state index in [9.17, 15) is 9.59 Å². The van der Waals surface area contributed by atoms with Crippen LogP contribution in [0.2, 0.25) is 0 Å². The fourth-order valence-corrected chi connectivity index (χ4v) is 4.39. The van der Waals surface area contributed by atoms with Gasteiger partial charge in [0.25, 0.3) is 0 Å². The Kier molecular flexibility index (Phi) is 3.33. The number of hydrogen-bond donors (Lipinski definition) is 1. The van der Waals surface area contributed by atoms with Crippen LogP contribution < -0.4 is 0 Å². The standard InChI is InChI=1S/C16H17N3O2S/c20-15-8-18(16(21)14-9-22-10-19(14)15)6-5-11-7-17-13-4-2-1-3-12(11)13/h1-4,7,14,17H,5-6,8-10H2. The summed E-state index contributed by atoms with van der Waals surface area (Å²) in [5, 5.41) is 1.19. The molecule has 4 rings (SSSR count). The Morgan fingerprint density at radius 1 is 1.27 bits per heavy atom. The summed E-state index contributed by atoms with van der Waals surface area (Å²) in [5.74, 6) is 1.57. The fourth-order valence-electron chi connectivity index (χ4n) is 3.22. The number of nitrogens with one attached hydrogen (secondary N) is 1. The van der Waals surface area contributed by atoms with E-state index in [0.29, 0.717) is 12.4 Å². The molecule has 5 nitrogen and oxygen atoms in total. The van der Waals surface area contributed by atoms with Gasteiger partial charge >= 0.3 is 0 Å². The molecule has 3 heterocycles. The third-order valence-electron chi connectivity index (χ3n) is 4.45. The summed E-state index contributed by atoms with van der Waals surface area (Å²) >= 11 is 1.66. The van der Waals surface area contributed by atoms with Gasteiger partial charge < -0.3 is 14.8 Å². The SMILES string of the molecule is O=C1C2CSCN2C(=O)CN1CCc1c[nH]c2ccccc12. The number of para-hydroxylation sites is 1. The summed E-state index contributed by atoms with van der Waals surface area (Å²) < 4.78 is 0. The van der Waals surface area contributed by atoms with Crippen molar-refractivity contribution in [3.05, 3.63) is 36.0 Å². The van der Waals surface area contributed by atoms with E-state index in [4.69, 9.17) is 0 Å². The van der Waals surface area contributed by atoms with Crippen molar-refractivity contribution in [2.24, 2.45) is 0 Å². The zero-order valence-electron chi connectivity index (χ0n) is 12.1. The smallest absolute Gasteiger partial charge is 0.246 e. The van der Waals surface area contributed by atoms with Crippen molar-refractivity contribution in [3.63, 3.8) is 0 Å². The van der Waals surface area contributed by atoms with E-state index < -0.39 is 0 Å². The number of aromatic amines is 1. The van der Waals surface area contributed by atoms with Crippen LogP contribution in [0.25, 0.3) is 10.9 Å². The number of fused-ring (bicyclic) bond motifs is 2. The third kappa shape index (κ3) is 2.18. The molecule has 22 heavy (non-hydrogen) atoms. The molecular formula is C16H17N3O2S. The van der Waals surface area contributed by atoms with Crippen LogP contribution in [0.3, 0.4) is 0 Å². The summed E-state index contributed by atoms with van der Waals surface area (Å²) in [5.41, 5.74) is 2.30. The largest absolute Gasteiger partial charge is 0.361 e. The first-order valence-corrected chi connectivity index (χ1v) is 8.60. The molecule has 2 aliphatic rings. The molecule has 0 bridgehead atoms. The van der Waals surface area contributed by atoms with E-state index in [1.54, 1.807) is 21.6 Å². The molecule has 2 fully saturated rings. The molecule has 0 spiro atoms. The number of H-pyrrole nitrogens is 1. The Morgan fingerprint density at radius 2 is 2.14 bits per heavy atom. The number of nitrogens with zero attached hydrogens (tertiary/aromatic N) is 2. The predicted molar refractivity (Wildman–Crippen MR) is 86.5 cm³/mol. The molecule has 0 radical (unpaired) electrons. The maximum Gasteiger partial charge on any atom is 0.246 e. The van der Waals surface area contributed by atoms with E-state index in [0.717, 1.165) is 17.7 Å². The van der Waals surface area contributed by atoms with Gasteiger partial charge in [-0.15, -0.1) is 11.8 Å². The topological polar surface area (TPSA) is 56.4 Å². The Labute approximate surface area is 132 Å². The number of rotatable bonds is 3. The second-order valence-electron chi connectivity index (χ2n) is 5.75. The Morgan fingerprint density at radius 3 is 3.05 bits per heavy atom. The summed E-state index contributed by atoms with van der Waals surface area (Å²) in [6.07, 6.45) is 2.77. The maximum atomic E-state index is 12.5. The maximum absolute atomic E-state index is 12.5. The first-order valence-electron chi connectivity index (χ1n) is 7.45. The number of amides is 2. The van der Waals surface area contributed by atoms with Crippen molar-refractivity contribution in [1.82, 2.24) is 14.8 Å². The van der Waals surface area contributed by atoms with Gasteiger partial charge in [-0.1, -0.05) is 18.2 Å². The van der Waals surface area contributed by atoms with Gasteiger partial charge in [-0.25, -0.2) is 0 Å². The number of benzene rings is 1. The van der Waals surface area contributed by atoms with Crippen LogP contribution in [0.5, 0.6) is 0 Å². The van der Waals surface area contributed by atoms with Crippen molar-refractivity contribution in [2.45, 2.75) is 12.5 Å². The summed E-state index contributed by atoms with van der Waals surface area (Å²) in [7, 11) is 0. The minimum absolute atomic E-state index is 0.0773. The molecule has 6 heteroatoms. The normalized spacial score (nSPS) is 21.7. The van der Waals surface area contributed by atoms with Crippen molar-refractivity contribution in [2.75, 3.05) is 24.7 Å². The van der Waals surface area contributed by atoms with Crippen LogP contribution in [-0.2, 0) is 16.0 Å². The third-order valence-corrected chi connectivity index (χ3v) is 5.46. The second-order valence-corrected chi connectivity index (χ2v) is 6.75. The van der Waals surface area contributed by atoms with Crippen molar-refractivity contribution >= 4 is 34.5 Å². The van der Waals surface area contributed by atoms with Crippen LogP contribution in [-0.4, -0.2) is 57.4 Å². The fraction of sp³-hybridized carbons (Fsp3) is 0.375. The predicted octanol–water partition coefficient (Wildman–Crippen LogP) is 1.45. The van der Waals surface area contributed by atoms with E-state index >= 15 is 0 Å². The quantitative estimate of drug-likeness (QED) is 0.933. The highest BCUT2D eigenvalue weighted by Crippen LogP contribution is 2.26. The van der Waals surface area contributed by atoms with Gasteiger partial charge in [-0.05, 0) is 18.1 Å². The van der Waals surface area contributed by atoms with Gasteiger partial charge in [0.15, 0.2) is 0 Å². The number of carbonyl (C=O) groups is 2. The van der Waals surface area contributed by atoms with Gasteiger partial charge in [0.05, 0.1) is 12.4 Å². The van der Waals surface area contributed by atoms with Gasteiger partial charge in [-0.2, -0.15) is 0 Å². The molecule has 2 aromatic rings. The van der Waals surface area contributed by atoms with Gasteiger partial charge in [0, 0.05) is 29.4 Å². The number of aromatic nitrogens is 1. The Balaban J connectivity index is 1.49. The number of hydrogen-bond acceptors (Lipinski definition) is 3. The lowest BCUT2D eigenvalue weighted by molar-refractivity contribution is -0.153. The first kappa shape index (κ1) is 13.7. The van der Waals surface area contributed by atoms with Crippen molar-refractivity contribution in [1.29, 1.82) is 0 Å². The minimum Gasteiger partial charge on any atom is -0.361 e. The zero-order valence-corrected chi connectivity index (χ0v) is 12.9. The van der Waals surface area contributed by atoms with E-state index in [1.165, 1.54) is 10.9 Å². The van der Waals surface area contributed by atoms with Crippen LogP contribution in [0.1, 0.15) is 5.56 Å². The number of piperazine rings is 1. The van der Waals surface area contributed by atoms with E-state index in [2.05, 4.69) is 11.1 Å². The van der Waals surface area contributed by atoms with Crippen LogP contribution in [0, 0.1) is 0 Å². The Bertz CT molecular complexity index is 742. The minimum atomic E-state index is -0.241. The van der Waals surface area contributed by atoms with E-state index in [1.807, 2.05) is 24.4 Å². The average molecular weight is 315 g/mol. The molecule has 2 saturated heterocycles. The first-order chi connectivity index (χ1) is 10.7. The lowest BCUT2D eigenvalue weighted by Gasteiger charge is -2.35. The molecule has 2 amide bonds. The van der Waals surface area contributed by atoms with Crippen LogP contribution >= 0.6 is 11.8 Å². The molecular weight excluding hydrogens is 298 g/mol. The van der Waals surface area contributed by atoms with E-state index in [-0.39, 0.29) is 24.4 Å². The molecule has 1 aromatic carbocycles. The molecule has 0 saturated carbocycles. The number of carbonyl (C=O) groups excluding carboxylic acids is 2. The highest BCUT2D eigenvalue weighted by Gasteiger charge is 2.42. The van der Waals surface area contributed by atoms with Crippen LogP contribution in [0.4, 0.5) is 0 Å². The average Bonchev–Trinajstić information content (AvgIpc) is 3.17. The Hall–Kier alpha value is -1.95. The van der Waals surface area contributed by atoms with Gasteiger partial charge in [0.1, 0.15) is 6.04 Å². The molecule has 1 unspecified atom stereocenters. The highest BCUT2D eigenvalue weighted by atomic mass is 32.2. The van der Waals surface area contributed by atoms with Crippen molar-refractivity contribution in [3.8, 4) is 0 Å². The molecule has 1 aromatic heterocycles.